The minimum Gasteiger partial charge on any atom is -0.496 e. The maximum Gasteiger partial charge on any atom is 0.261 e. The largest absolute Gasteiger partial charge is 0.496 e. The zero-order valence-electron chi connectivity index (χ0n) is 18.4. The molecular weight excluding hydrogens is 450 g/mol. The second-order valence-corrected chi connectivity index (χ2v) is 8.35. The van der Waals surface area contributed by atoms with Crippen LogP contribution in [0.2, 0.25) is 5.02 Å². The molecule has 168 valence electrons. The number of aromatic nitrogens is 2. The van der Waals surface area contributed by atoms with Gasteiger partial charge in [-0.3, -0.25) is 14.5 Å². The zero-order valence-corrected chi connectivity index (χ0v) is 19.1. The number of fused-ring (bicyclic) bond motifs is 1. The third-order valence-electron chi connectivity index (χ3n) is 5.81. The highest BCUT2D eigenvalue weighted by atomic mass is 35.5. The van der Waals surface area contributed by atoms with Crippen molar-refractivity contribution in [3.63, 3.8) is 0 Å². The van der Waals surface area contributed by atoms with E-state index in [1.54, 1.807) is 37.4 Å². The van der Waals surface area contributed by atoms with Crippen LogP contribution in [0.1, 0.15) is 37.5 Å². The predicted molar refractivity (Wildman–Crippen MR) is 129 cm³/mol. The van der Waals surface area contributed by atoms with E-state index in [1.165, 1.54) is 11.2 Å². The fourth-order valence-electron chi connectivity index (χ4n) is 4.12. The first kappa shape index (κ1) is 21.8. The number of carbonyl (C=O) groups is 2. The van der Waals surface area contributed by atoms with E-state index in [4.69, 9.17) is 16.3 Å². The number of hydrogen-bond donors (Lipinski definition) is 0. The number of imide groups is 1. The first-order valence-corrected chi connectivity index (χ1v) is 11.1. The molecule has 0 spiro atoms. The van der Waals surface area contributed by atoms with Crippen molar-refractivity contribution in [1.82, 2.24) is 14.9 Å². The highest BCUT2D eigenvalue weighted by Gasteiger charge is 2.35. The lowest BCUT2D eigenvalue weighted by atomic mass is 10.0. The van der Waals surface area contributed by atoms with E-state index in [9.17, 15) is 9.59 Å². The Kier molecular flexibility index (Phi) is 5.82. The topological polar surface area (TPSA) is 72.4 Å². The Hall–Kier alpha value is -4.03. The number of carbonyl (C=O) groups excluding carboxylic acids is 2. The van der Waals surface area contributed by atoms with Crippen molar-refractivity contribution in [2.24, 2.45) is 0 Å². The standard InChI is InChI=1S/C27H20ClN3O3/c1-34-25-9-5-4-8-22(25)24-14-19(29-16-30-24)13-17-10-11-23(28)18(12-17)15-31-26(32)20-6-2-3-7-21(20)27(31)33/h2-12,14,16H,13,15H2,1H3. The summed E-state index contributed by atoms with van der Waals surface area (Å²) in [6.45, 7) is 0.106. The SMILES string of the molecule is COc1ccccc1-c1cc(Cc2ccc(Cl)c(CN3C(=O)c4ccccc4C3=O)c2)ncn1. The summed E-state index contributed by atoms with van der Waals surface area (Å²) in [6.07, 6.45) is 2.07. The molecule has 5 rings (SSSR count). The van der Waals surface area contributed by atoms with E-state index in [0.29, 0.717) is 28.1 Å². The number of para-hydroxylation sites is 1. The first-order chi connectivity index (χ1) is 16.5. The number of nitrogens with zero attached hydrogens (tertiary/aromatic N) is 3. The van der Waals surface area contributed by atoms with Gasteiger partial charge >= 0.3 is 0 Å². The molecule has 0 N–H and O–H groups in total. The average Bonchev–Trinajstić information content (AvgIpc) is 3.11. The second-order valence-electron chi connectivity index (χ2n) is 7.94. The summed E-state index contributed by atoms with van der Waals surface area (Å²) in [7, 11) is 1.63. The molecule has 1 aliphatic heterocycles. The van der Waals surface area contributed by atoms with Gasteiger partial charge in [-0.15, -0.1) is 0 Å². The molecule has 0 radical (unpaired) electrons. The molecule has 3 aromatic carbocycles. The van der Waals surface area contributed by atoms with Crippen LogP contribution in [-0.4, -0.2) is 33.8 Å². The van der Waals surface area contributed by atoms with Crippen molar-refractivity contribution in [2.45, 2.75) is 13.0 Å². The van der Waals surface area contributed by atoms with Gasteiger partial charge in [0.1, 0.15) is 12.1 Å². The maximum absolute atomic E-state index is 12.8. The second kappa shape index (κ2) is 9.08. The molecule has 0 saturated carbocycles. The summed E-state index contributed by atoms with van der Waals surface area (Å²) in [5, 5.41) is 0.498. The van der Waals surface area contributed by atoms with Gasteiger partial charge in [-0.25, -0.2) is 9.97 Å². The summed E-state index contributed by atoms with van der Waals surface area (Å²) in [5.74, 6) is 0.125. The van der Waals surface area contributed by atoms with Crippen LogP contribution >= 0.6 is 11.6 Å². The third kappa shape index (κ3) is 4.04. The normalized spacial score (nSPS) is 12.7. The van der Waals surface area contributed by atoms with Crippen molar-refractivity contribution in [3.8, 4) is 17.0 Å². The van der Waals surface area contributed by atoms with Gasteiger partial charge in [0.2, 0.25) is 0 Å². The van der Waals surface area contributed by atoms with E-state index in [2.05, 4.69) is 9.97 Å². The van der Waals surface area contributed by atoms with Gasteiger partial charge in [0, 0.05) is 22.7 Å². The lowest BCUT2D eigenvalue weighted by molar-refractivity contribution is 0.0642. The Morgan fingerprint density at radius 2 is 1.53 bits per heavy atom. The van der Waals surface area contributed by atoms with Gasteiger partial charge in [-0.1, -0.05) is 48.0 Å². The van der Waals surface area contributed by atoms with Crippen molar-refractivity contribution < 1.29 is 14.3 Å². The summed E-state index contributed by atoms with van der Waals surface area (Å²) in [6, 6.07) is 22.1. The van der Waals surface area contributed by atoms with Crippen LogP contribution in [-0.2, 0) is 13.0 Å². The van der Waals surface area contributed by atoms with Crippen molar-refractivity contribution in [2.75, 3.05) is 7.11 Å². The minimum atomic E-state index is -0.306. The molecule has 34 heavy (non-hydrogen) atoms. The van der Waals surface area contributed by atoms with Gasteiger partial charge in [-0.2, -0.15) is 0 Å². The number of ether oxygens (including phenoxy) is 1. The fraction of sp³-hybridized carbons (Fsp3) is 0.111. The van der Waals surface area contributed by atoms with Crippen LogP contribution < -0.4 is 4.74 Å². The summed E-state index contributed by atoms with van der Waals surface area (Å²) in [4.78, 5) is 35.6. The highest BCUT2D eigenvalue weighted by molar-refractivity contribution is 6.31. The number of halogens is 1. The molecule has 2 amide bonds. The van der Waals surface area contributed by atoms with Gasteiger partial charge < -0.3 is 4.74 Å². The molecule has 1 aliphatic rings. The van der Waals surface area contributed by atoms with Gasteiger partial charge in [-0.05, 0) is 47.5 Å². The van der Waals surface area contributed by atoms with Crippen LogP contribution in [0.3, 0.4) is 0 Å². The molecule has 0 saturated heterocycles. The fourth-order valence-corrected chi connectivity index (χ4v) is 4.30. The first-order valence-electron chi connectivity index (χ1n) is 10.7. The molecule has 0 bridgehead atoms. The summed E-state index contributed by atoms with van der Waals surface area (Å²) < 4.78 is 5.46. The Labute approximate surface area is 201 Å². The third-order valence-corrected chi connectivity index (χ3v) is 6.18. The lowest BCUT2D eigenvalue weighted by Gasteiger charge is -2.16. The van der Waals surface area contributed by atoms with E-state index < -0.39 is 0 Å². The van der Waals surface area contributed by atoms with Crippen molar-refractivity contribution in [3.05, 3.63) is 112 Å². The Morgan fingerprint density at radius 3 is 2.24 bits per heavy atom. The monoisotopic (exact) mass is 469 g/mol. The number of benzene rings is 3. The van der Waals surface area contributed by atoms with Crippen LogP contribution in [0, 0.1) is 0 Å². The maximum atomic E-state index is 12.8. The molecule has 0 aliphatic carbocycles. The zero-order chi connectivity index (χ0) is 23.7. The van der Waals surface area contributed by atoms with Gasteiger partial charge in [0.25, 0.3) is 11.8 Å². The molecule has 1 aromatic heterocycles. The number of hydrogen-bond acceptors (Lipinski definition) is 5. The Balaban J connectivity index is 1.39. The highest BCUT2D eigenvalue weighted by Crippen LogP contribution is 2.30. The summed E-state index contributed by atoms with van der Waals surface area (Å²) in [5.41, 5.74) is 4.98. The Bertz CT molecular complexity index is 1380. The molecule has 2 heterocycles. The van der Waals surface area contributed by atoms with Crippen LogP contribution in [0.25, 0.3) is 11.3 Å². The van der Waals surface area contributed by atoms with Gasteiger partial charge in [0.15, 0.2) is 0 Å². The van der Waals surface area contributed by atoms with E-state index in [0.717, 1.165) is 28.3 Å². The average molecular weight is 470 g/mol. The van der Waals surface area contributed by atoms with E-state index in [-0.39, 0.29) is 18.4 Å². The van der Waals surface area contributed by atoms with E-state index >= 15 is 0 Å². The number of amides is 2. The molecule has 0 atom stereocenters. The minimum absolute atomic E-state index is 0.106. The van der Waals surface area contributed by atoms with Crippen LogP contribution in [0.4, 0.5) is 0 Å². The molecule has 0 unspecified atom stereocenters. The number of rotatable bonds is 6. The predicted octanol–water partition coefficient (Wildman–Crippen LogP) is 5.19. The molecular formula is C27H20ClN3O3. The quantitative estimate of drug-likeness (QED) is 0.363. The summed E-state index contributed by atoms with van der Waals surface area (Å²) >= 11 is 6.43. The van der Waals surface area contributed by atoms with Crippen LogP contribution in [0.5, 0.6) is 5.75 Å². The molecule has 4 aromatic rings. The van der Waals surface area contributed by atoms with Crippen molar-refractivity contribution >= 4 is 23.4 Å². The van der Waals surface area contributed by atoms with E-state index in [1.807, 2.05) is 42.5 Å². The molecule has 7 heteroatoms. The van der Waals surface area contributed by atoms with Crippen LogP contribution in [0.15, 0.2) is 79.1 Å². The Morgan fingerprint density at radius 1 is 0.853 bits per heavy atom. The number of methoxy groups -OCH3 is 1. The van der Waals surface area contributed by atoms with Gasteiger partial charge in [0.05, 0.1) is 30.5 Å². The lowest BCUT2D eigenvalue weighted by Crippen LogP contribution is -2.29. The van der Waals surface area contributed by atoms with Crippen molar-refractivity contribution in [1.29, 1.82) is 0 Å². The molecule has 0 fully saturated rings. The smallest absolute Gasteiger partial charge is 0.261 e. The molecule has 6 nitrogen and oxygen atoms in total.